The van der Waals surface area contributed by atoms with Gasteiger partial charge in [0.2, 0.25) is 5.91 Å². The minimum atomic E-state index is -0.316. The van der Waals surface area contributed by atoms with Crippen molar-refractivity contribution < 1.29 is 14.7 Å². The Hall–Kier alpha value is -2.33. The lowest BCUT2D eigenvalue weighted by molar-refractivity contribution is -0.123. The predicted molar refractivity (Wildman–Crippen MR) is 108 cm³/mol. The van der Waals surface area contributed by atoms with E-state index in [4.69, 9.17) is 4.74 Å². The van der Waals surface area contributed by atoms with E-state index in [9.17, 15) is 10.0 Å². The first-order valence-electron chi connectivity index (χ1n) is 9.82. The molecule has 3 rings (SSSR count). The lowest BCUT2D eigenvalue weighted by atomic mass is 10.0. The minimum Gasteiger partial charge on any atom is -0.489 e. The number of benzene rings is 2. The molecule has 1 saturated carbocycles. The van der Waals surface area contributed by atoms with Crippen molar-refractivity contribution in [3.8, 4) is 5.75 Å². The van der Waals surface area contributed by atoms with E-state index in [1.165, 1.54) is 16.7 Å². The molecule has 1 amide bonds. The number of nitrogens with zero attached hydrogens (tertiary/aromatic N) is 1. The van der Waals surface area contributed by atoms with Crippen LogP contribution in [-0.2, 0) is 17.8 Å². The van der Waals surface area contributed by atoms with Gasteiger partial charge in [0.25, 0.3) is 0 Å². The molecule has 2 aromatic rings. The van der Waals surface area contributed by atoms with Gasteiger partial charge in [-0.1, -0.05) is 32.0 Å². The first-order chi connectivity index (χ1) is 13.0. The van der Waals surface area contributed by atoms with Gasteiger partial charge < -0.3 is 4.74 Å². The molecule has 1 N–H and O–H groups in total. The van der Waals surface area contributed by atoms with Gasteiger partial charge in [-0.15, -0.1) is 0 Å². The molecule has 0 saturated heterocycles. The summed E-state index contributed by atoms with van der Waals surface area (Å²) in [4.78, 5) is 12.0. The fraction of sp³-hybridized carbons (Fsp3) is 0.435. The summed E-state index contributed by atoms with van der Waals surface area (Å²) in [5.41, 5.74) is 6.27. The molecule has 4 heteroatoms. The molecule has 0 aromatic heterocycles. The van der Waals surface area contributed by atoms with E-state index in [1.807, 2.05) is 6.07 Å². The van der Waals surface area contributed by atoms with Crippen molar-refractivity contribution in [1.82, 2.24) is 0 Å². The molecule has 0 radical (unpaired) electrons. The summed E-state index contributed by atoms with van der Waals surface area (Å²) in [6, 6.07) is 10.0. The monoisotopic (exact) mass is 367 g/mol. The third-order valence-corrected chi connectivity index (χ3v) is 5.36. The number of carbonyl (C=O) groups excluding carboxylic acids is 1. The van der Waals surface area contributed by atoms with Crippen LogP contribution in [0.3, 0.4) is 0 Å². The second-order valence-corrected chi connectivity index (χ2v) is 7.36. The summed E-state index contributed by atoms with van der Waals surface area (Å²) in [5, 5.41) is 11.2. The van der Waals surface area contributed by atoms with E-state index in [0.717, 1.165) is 41.2 Å². The number of anilines is 1. The van der Waals surface area contributed by atoms with Gasteiger partial charge in [0.1, 0.15) is 12.4 Å². The summed E-state index contributed by atoms with van der Waals surface area (Å²) in [6.07, 6.45) is 3.54. The van der Waals surface area contributed by atoms with Crippen LogP contribution < -0.4 is 9.80 Å². The molecule has 0 spiro atoms. The maximum absolute atomic E-state index is 12.0. The SMILES string of the molecule is CCC(=O)N(O)c1cccc(C2CC2)c1COc1cc(C)c(CC)cc1C. The molecule has 1 aliphatic carbocycles. The zero-order valence-corrected chi connectivity index (χ0v) is 16.7. The molecular formula is C23H29NO3. The average molecular weight is 367 g/mol. The minimum absolute atomic E-state index is 0.251. The highest BCUT2D eigenvalue weighted by atomic mass is 16.5. The molecule has 1 fully saturated rings. The van der Waals surface area contributed by atoms with E-state index >= 15 is 0 Å². The summed E-state index contributed by atoms with van der Waals surface area (Å²) >= 11 is 0. The Morgan fingerprint density at radius 3 is 2.56 bits per heavy atom. The van der Waals surface area contributed by atoms with E-state index < -0.39 is 0 Å². The maximum Gasteiger partial charge on any atom is 0.250 e. The van der Waals surface area contributed by atoms with Crippen LogP contribution in [0.15, 0.2) is 30.3 Å². The van der Waals surface area contributed by atoms with Crippen molar-refractivity contribution in [2.45, 2.75) is 65.9 Å². The van der Waals surface area contributed by atoms with Crippen LogP contribution in [-0.4, -0.2) is 11.1 Å². The molecule has 0 bridgehead atoms. The number of aryl methyl sites for hydroxylation is 3. The zero-order chi connectivity index (χ0) is 19.6. The second kappa shape index (κ2) is 8.13. The van der Waals surface area contributed by atoms with Gasteiger partial charge >= 0.3 is 0 Å². The highest BCUT2D eigenvalue weighted by molar-refractivity contribution is 5.91. The quantitative estimate of drug-likeness (QED) is 0.522. The Morgan fingerprint density at radius 1 is 1.19 bits per heavy atom. The Kier molecular flexibility index (Phi) is 5.85. The first-order valence-corrected chi connectivity index (χ1v) is 9.82. The first kappa shape index (κ1) is 19.4. The fourth-order valence-corrected chi connectivity index (χ4v) is 3.54. The molecule has 144 valence electrons. The lowest BCUT2D eigenvalue weighted by Crippen LogP contribution is -2.27. The smallest absolute Gasteiger partial charge is 0.250 e. The maximum atomic E-state index is 12.0. The van der Waals surface area contributed by atoms with Gasteiger partial charge in [0.05, 0.1) is 5.69 Å². The molecule has 0 heterocycles. The third-order valence-electron chi connectivity index (χ3n) is 5.36. The number of ether oxygens (including phenoxy) is 1. The van der Waals surface area contributed by atoms with Crippen molar-refractivity contribution in [3.05, 3.63) is 58.1 Å². The van der Waals surface area contributed by atoms with Gasteiger partial charge in [-0.2, -0.15) is 5.06 Å². The number of carbonyl (C=O) groups is 1. The summed E-state index contributed by atoms with van der Waals surface area (Å²) in [7, 11) is 0. The molecule has 0 aliphatic heterocycles. The Morgan fingerprint density at radius 2 is 1.93 bits per heavy atom. The molecule has 4 nitrogen and oxygen atoms in total. The van der Waals surface area contributed by atoms with E-state index in [2.05, 4.69) is 39.0 Å². The van der Waals surface area contributed by atoms with Crippen molar-refractivity contribution in [2.75, 3.05) is 5.06 Å². The van der Waals surface area contributed by atoms with Gasteiger partial charge in [0.15, 0.2) is 0 Å². The number of hydrogen-bond acceptors (Lipinski definition) is 3. The molecule has 27 heavy (non-hydrogen) atoms. The highest BCUT2D eigenvalue weighted by Crippen LogP contribution is 2.44. The molecular weight excluding hydrogens is 338 g/mol. The normalized spacial score (nSPS) is 13.5. The van der Waals surface area contributed by atoms with Crippen LogP contribution in [0.4, 0.5) is 5.69 Å². The van der Waals surface area contributed by atoms with Gasteiger partial charge in [0, 0.05) is 12.0 Å². The summed E-state index contributed by atoms with van der Waals surface area (Å²) in [6.45, 7) is 8.39. The van der Waals surface area contributed by atoms with Gasteiger partial charge in [-0.05, 0) is 73.4 Å². The van der Waals surface area contributed by atoms with Crippen LogP contribution in [0, 0.1) is 13.8 Å². The highest BCUT2D eigenvalue weighted by Gasteiger charge is 2.29. The van der Waals surface area contributed by atoms with Gasteiger partial charge in [-0.25, -0.2) is 0 Å². The van der Waals surface area contributed by atoms with Crippen LogP contribution >= 0.6 is 0 Å². The molecule has 2 aromatic carbocycles. The second-order valence-electron chi connectivity index (χ2n) is 7.36. The van der Waals surface area contributed by atoms with Crippen molar-refractivity contribution >= 4 is 11.6 Å². The van der Waals surface area contributed by atoms with Gasteiger partial charge in [-0.3, -0.25) is 10.0 Å². The average Bonchev–Trinajstić information content (AvgIpc) is 3.52. The Balaban J connectivity index is 1.92. The van der Waals surface area contributed by atoms with Crippen molar-refractivity contribution in [3.63, 3.8) is 0 Å². The predicted octanol–water partition coefficient (Wildman–Crippen LogP) is 5.45. The van der Waals surface area contributed by atoms with E-state index in [1.54, 1.807) is 13.0 Å². The standard InChI is InChI=1S/C23H29NO3/c1-5-17-12-16(4)22(13-15(17)3)27-14-20-19(18-10-11-18)8-7-9-21(20)24(26)23(25)6-2/h7-9,12-13,18,26H,5-6,10-11,14H2,1-4H3. The topological polar surface area (TPSA) is 49.8 Å². The van der Waals surface area contributed by atoms with E-state index in [0.29, 0.717) is 18.2 Å². The largest absolute Gasteiger partial charge is 0.489 e. The lowest BCUT2D eigenvalue weighted by Gasteiger charge is -2.21. The molecule has 0 unspecified atom stereocenters. The Bertz CT molecular complexity index is 840. The van der Waals surface area contributed by atoms with Crippen LogP contribution in [0.2, 0.25) is 0 Å². The van der Waals surface area contributed by atoms with Crippen LogP contribution in [0.5, 0.6) is 5.75 Å². The number of hydroxylamine groups is 1. The number of rotatable bonds is 7. The van der Waals surface area contributed by atoms with Crippen LogP contribution in [0.25, 0.3) is 0 Å². The fourth-order valence-electron chi connectivity index (χ4n) is 3.54. The van der Waals surface area contributed by atoms with Crippen LogP contribution in [0.1, 0.15) is 66.8 Å². The molecule has 1 aliphatic rings. The summed E-state index contributed by atoms with van der Waals surface area (Å²) < 4.78 is 6.18. The third kappa shape index (κ3) is 4.16. The van der Waals surface area contributed by atoms with Crippen molar-refractivity contribution in [1.29, 1.82) is 0 Å². The number of amides is 1. The van der Waals surface area contributed by atoms with Crippen molar-refractivity contribution in [2.24, 2.45) is 0 Å². The Labute approximate surface area is 161 Å². The van der Waals surface area contributed by atoms with E-state index in [-0.39, 0.29) is 12.3 Å². The summed E-state index contributed by atoms with van der Waals surface area (Å²) in [5.74, 6) is 1.04. The zero-order valence-electron chi connectivity index (χ0n) is 16.7. The number of hydrogen-bond donors (Lipinski definition) is 1. The molecule has 0 atom stereocenters.